The van der Waals surface area contributed by atoms with Crippen LogP contribution in [-0.4, -0.2) is 42.4 Å². The van der Waals surface area contributed by atoms with Crippen LogP contribution in [0.4, 0.5) is 11.4 Å². The smallest absolute Gasteiger partial charge is 0.340 e. The van der Waals surface area contributed by atoms with Gasteiger partial charge in [-0.2, -0.15) is 0 Å². The Bertz CT molecular complexity index is 904. The Hall–Kier alpha value is -2.85. The average Bonchev–Trinajstić information content (AvgIpc) is 2.70. The van der Waals surface area contributed by atoms with Crippen molar-refractivity contribution in [3.8, 4) is 11.5 Å². The van der Waals surface area contributed by atoms with Gasteiger partial charge in [0.25, 0.3) is 5.69 Å². The molecule has 9 nitrogen and oxygen atoms in total. The van der Waals surface area contributed by atoms with Gasteiger partial charge in [0.05, 0.1) is 17.1 Å². The van der Waals surface area contributed by atoms with Crippen LogP contribution in [0.25, 0.3) is 0 Å². The molecule has 0 amide bonds. The monoisotopic (exact) mass is 452 g/mol. The van der Waals surface area contributed by atoms with Crippen LogP contribution < -0.4 is 14.8 Å². The maximum absolute atomic E-state index is 12.6. The number of ether oxygens (including phenoxy) is 3. The first kappa shape index (κ1) is 19.9. The van der Waals surface area contributed by atoms with E-state index >= 15 is 0 Å². The number of aliphatic hydroxyl groups excluding tert-OH is 1. The minimum atomic E-state index is -0.731. The molecule has 0 aliphatic carbocycles. The normalized spacial score (nSPS) is 12.4. The Labute approximate surface area is 168 Å². The number of aliphatic hydroxyl groups is 1. The summed E-state index contributed by atoms with van der Waals surface area (Å²) in [5.74, 6) is 0.425. The second kappa shape index (κ2) is 8.89. The molecular weight excluding hydrogens is 436 g/mol. The molecule has 10 heteroatoms. The molecule has 28 heavy (non-hydrogen) atoms. The summed E-state index contributed by atoms with van der Waals surface area (Å²) >= 11 is 3.40. The fourth-order valence-corrected chi connectivity index (χ4v) is 3.03. The number of fused-ring (bicyclic) bond motifs is 1. The van der Waals surface area contributed by atoms with Gasteiger partial charge in [-0.05, 0) is 18.2 Å². The maximum Gasteiger partial charge on any atom is 0.340 e. The van der Waals surface area contributed by atoms with Crippen molar-refractivity contribution in [3.63, 3.8) is 0 Å². The first-order valence-corrected chi connectivity index (χ1v) is 9.17. The third kappa shape index (κ3) is 4.52. The summed E-state index contributed by atoms with van der Waals surface area (Å²) < 4.78 is 17.0. The molecule has 0 bridgehead atoms. The molecule has 148 valence electrons. The van der Waals surface area contributed by atoms with Crippen LogP contribution in [0.15, 0.2) is 34.8 Å². The molecule has 0 atom stereocenters. The third-order valence-electron chi connectivity index (χ3n) is 3.93. The Kier molecular flexibility index (Phi) is 6.32. The average molecular weight is 453 g/mol. The number of hydrogen-bond donors (Lipinski definition) is 2. The fourth-order valence-electron chi connectivity index (χ4n) is 2.60. The van der Waals surface area contributed by atoms with E-state index in [-0.39, 0.29) is 31.0 Å². The van der Waals surface area contributed by atoms with Crippen molar-refractivity contribution in [2.45, 2.75) is 6.61 Å². The van der Waals surface area contributed by atoms with Crippen molar-refractivity contribution in [2.24, 2.45) is 0 Å². The van der Waals surface area contributed by atoms with E-state index in [1.807, 2.05) is 0 Å². The van der Waals surface area contributed by atoms with E-state index in [1.54, 1.807) is 12.1 Å². The standard InChI is InChI=1S/C18H17BrN2O7/c19-14-9-17-16(26-5-6-27-17)7-11(14)10-28-18(23)13-8-12(21(24)25)1-2-15(13)20-3-4-22/h1-2,7-9,20,22H,3-6,10H2. The molecule has 2 N–H and O–H groups in total. The molecule has 0 radical (unpaired) electrons. The van der Waals surface area contributed by atoms with Crippen LogP contribution in [0.2, 0.25) is 0 Å². The van der Waals surface area contributed by atoms with Crippen molar-refractivity contribution in [3.05, 3.63) is 56.0 Å². The number of rotatable bonds is 7. The molecule has 0 saturated heterocycles. The van der Waals surface area contributed by atoms with Crippen molar-refractivity contribution in [1.29, 1.82) is 0 Å². The van der Waals surface area contributed by atoms with Gasteiger partial charge >= 0.3 is 5.97 Å². The Balaban J connectivity index is 1.79. The summed E-state index contributed by atoms with van der Waals surface area (Å²) in [4.78, 5) is 23.0. The largest absolute Gasteiger partial charge is 0.486 e. The molecule has 1 aliphatic rings. The van der Waals surface area contributed by atoms with Gasteiger partial charge in [-0.1, -0.05) is 15.9 Å². The molecule has 0 fully saturated rings. The molecule has 1 heterocycles. The van der Waals surface area contributed by atoms with Crippen LogP contribution in [0, 0.1) is 10.1 Å². The van der Waals surface area contributed by atoms with E-state index in [4.69, 9.17) is 19.3 Å². The van der Waals surface area contributed by atoms with E-state index in [1.165, 1.54) is 12.1 Å². The van der Waals surface area contributed by atoms with E-state index in [0.717, 1.165) is 6.07 Å². The highest BCUT2D eigenvalue weighted by atomic mass is 79.9. The zero-order valence-electron chi connectivity index (χ0n) is 14.6. The van der Waals surface area contributed by atoms with E-state index < -0.39 is 10.9 Å². The van der Waals surface area contributed by atoms with Crippen molar-refractivity contribution in [2.75, 3.05) is 31.7 Å². The lowest BCUT2D eigenvalue weighted by Crippen LogP contribution is -2.16. The Morgan fingerprint density at radius 2 is 1.96 bits per heavy atom. The van der Waals surface area contributed by atoms with E-state index in [0.29, 0.717) is 40.4 Å². The third-order valence-corrected chi connectivity index (χ3v) is 4.67. The number of nitrogens with zero attached hydrogens (tertiary/aromatic N) is 1. The number of non-ortho nitro benzene ring substituents is 1. The van der Waals surface area contributed by atoms with Crippen LogP contribution in [0.5, 0.6) is 11.5 Å². The van der Waals surface area contributed by atoms with Gasteiger partial charge in [0, 0.05) is 34.4 Å². The van der Waals surface area contributed by atoms with Gasteiger partial charge < -0.3 is 24.6 Å². The molecular formula is C18H17BrN2O7. The molecule has 0 unspecified atom stereocenters. The number of anilines is 1. The van der Waals surface area contributed by atoms with Crippen LogP contribution in [0.1, 0.15) is 15.9 Å². The van der Waals surface area contributed by atoms with E-state index in [2.05, 4.69) is 21.2 Å². The number of carbonyl (C=O) groups excluding carboxylic acids is 1. The molecule has 2 aromatic carbocycles. The summed E-state index contributed by atoms with van der Waals surface area (Å²) in [6.07, 6.45) is 0. The highest BCUT2D eigenvalue weighted by Crippen LogP contribution is 2.36. The zero-order chi connectivity index (χ0) is 20.1. The lowest BCUT2D eigenvalue weighted by molar-refractivity contribution is -0.384. The molecule has 0 saturated carbocycles. The molecule has 1 aliphatic heterocycles. The molecule has 3 rings (SSSR count). The number of hydrogen-bond acceptors (Lipinski definition) is 8. The SMILES string of the molecule is O=C(OCc1cc2c(cc1Br)OCCO2)c1cc([N+](=O)[O-])ccc1NCCO. The first-order valence-electron chi connectivity index (χ1n) is 8.38. The fraction of sp³-hybridized carbons (Fsp3) is 0.278. The van der Waals surface area contributed by atoms with Crippen LogP contribution >= 0.6 is 15.9 Å². The van der Waals surface area contributed by atoms with Gasteiger partial charge in [0.1, 0.15) is 19.8 Å². The minimum Gasteiger partial charge on any atom is -0.486 e. The second-order valence-electron chi connectivity index (χ2n) is 5.80. The van der Waals surface area contributed by atoms with Gasteiger partial charge in [-0.15, -0.1) is 0 Å². The number of carbonyl (C=O) groups is 1. The number of esters is 1. The van der Waals surface area contributed by atoms with Crippen LogP contribution in [0.3, 0.4) is 0 Å². The van der Waals surface area contributed by atoms with Crippen molar-refractivity contribution < 1.29 is 29.0 Å². The van der Waals surface area contributed by atoms with Crippen molar-refractivity contribution in [1.82, 2.24) is 0 Å². The quantitative estimate of drug-likeness (QED) is 0.373. The number of nitro groups is 1. The predicted octanol–water partition coefficient (Wildman–Crippen LogP) is 2.89. The Morgan fingerprint density at radius 1 is 1.25 bits per heavy atom. The first-order chi connectivity index (χ1) is 13.5. The van der Waals surface area contributed by atoms with E-state index in [9.17, 15) is 14.9 Å². The summed E-state index contributed by atoms with van der Waals surface area (Å²) in [5.41, 5.74) is 0.775. The highest BCUT2D eigenvalue weighted by Gasteiger charge is 2.20. The zero-order valence-corrected chi connectivity index (χ0v) is 16.2. The summed E-state index contributed by atoms with van der Waals surface area (Å²) in [5, 5.41) is 22.8. The lowest BCUT2D eigenvalue weighted by atomic mass is 10.1. The van der Waals surface area contributed by atoms with Gasteiger partial charge in [0.2, 0.25) is 0 Å². The minimum absolute atomic E-state index is 0.0105. The number of nitrogens with one attached hydrogen (secondary N) is 1. The van der Waals surface area contributed by atoms with Crippen LogP contribution in [-0.2, 0) is 11.3 Å². The number of halogens is 1. The maximum atomic E-state index is 12.6. The van der Waals surface area contributed by atoms with Gasteiger partial charge in [0.15, 0.2) is 11.5 Å². The van der Waals surface area contributed by atoms with Gasteiger partial charge in [-0.25, -0.2) is 4.79 Å². The number of benzene rings is 2. The number of nitro benzene ring substituents is 1. The summed E-state index contributed by atoms with van der Waals surface area (Å²) in [6, 6.07) is 7.27. The Morgan fingerprint density at radius 3 is 2.64 bits per heavy atom. The van der Waals surface area contributed by atoms with Crippen molar-refractivity contribution >= 4 is 33.3 Å². The molecule has 2 aromatic rings. The predicted molar refractivity (Wildman–Crippen MR) is 103 cm³/mol. The summed E-state index contributed by atoms with van der Waals surface area (Å²) in [6.45, 7) is 0.852. The molecule has 0 aromatic heterocycles. The lowest BCUT2D eigenvalue weighted by Gasteiger charge is -2.20. The second-order valence-corrected chi connectivity index (χ2v) is 6.66. The summed E-state index contributed by atoms with van der Waals surface area (Å²) in [7, 11) is 0. The molecule has 0 spiro atoms. The topological polar surface area (TPSA) is 120 Å². The highest BCUT2D eigenvalue weighted by molar-refractivity contribution is 9.10. The van der Waals surface area contributed by atoms with Gasteiger partial charge in [-0.3, -0.25) is 10.1 Å².